The van der Waals surface area contributed by atoms with Crippen molar-refractivity contribution in [3.05, 3.63) is 30.1 Å². The van der Waals surface area contributed by atoms with Gasteiger partial charge in [0, 0.05) is 19.5 Å². The summed E-state index contributed by atoms with van der Waals surface area (Å²) in [5.74, 6) is 0. The van der Waals surface area contributed by atoms with E-state index < -0.39 is 0 Å². The van der Waals surface area contributed by atoms with E-state index in [0.29, 0.717) is 5.41 Å². The minimum Gasteiger partial charge on any atom is -0.376 e. The van der Waals surface area contributed by atoms with Gasteiger partial charge in [-0.15, -0.1) is 0 Å². The Balaban J connectivity index is 2.19. The van der Waals surface area contributed by atoms with Crippen LogP contribution in [0.2, 0.25) is 0 Å². The number of methoxy groups -OCH3 is 1. The molecule has 0 bridgehead atoms. The second-order valence-corrected chi connectivity index (χ2v) is 6.20. The van der Waals surface area contributed by atoms with Gasteiger partial charge in [-0.2, -0.15) is 0 Å². The molecule has 1 fully saturated rings. The van der Waals surface area contributed by atoms with Crippen LogP contribution >= 0.6 is 0 Å². The molecule has 3 heteroatoms. The average molecular weight is 248 g/mol. The molecule has 1 aliphatic carbocycles. The first kappa shape index (κ1) is 13.5. The fraction of sp³-hybridized carbons (Fsp3) is 0.667. The van der Waals surface area contributed by atoms with E-state index >= 15 is 0 Å². The first-order valence-corrected chi connectivity index (χ1v) is 6.70. The van der Waals surface area contributed by atoms with Gasteiger partial charge in [-0.05, 0) is 42.7 Å². The predicted molar refractivity (Wildman–Crippen MR) is 73.2 cm³/mol. The summed E-state index contributed by atoms with van der Waals surface area (Å²) in [5.41, 5.74) is 7.70. The molecule has 1 aliphatic rings. The molecule has 1 atom stereocenters. The van der Waals surface area contributed by atoms with Crippen molar-refractivity contribution in [1.82, 2.24) is 4.98 Å². The van der Waals surface area contributed by atoms with Crippen LogP contribution in [0.15, 0.2) is 24.5 Å². The highest BCUT2D eigenvalue weighted by Crippen LogP contribution is 2.46. The van der Waals surface area contributed by atoms with Crippen molar-refractivity contribution in [3.8, 4) is 0 Å². The van der Waals surface area contributed by atoms with E-state index in [9.17, 15) is 0 Å². The highest BCUT2D eigenvalue weighted by atomic mass is 16.5. The van der Waals surface area contributed by atoms with Crippen LogP contribution in [0.1, 0.15) is 51.1 Å². The molecule has 2 N–H and O–H groups in total. The Morgan fingerprint density at radius 3 is 2.44 bits per heavy atom. The molecule has 18 heavy (non-hydrogen) atoms. The number of nitrogens with two attached hydrogens (primary N) is 1. The molecule has 1 saturated carbocycles. The summed E-state index contributed by atoms with van der Waals surface area (Å²) in [6.07, 6.45) is 7.99. The van der Waals surface area contributed by atoms with Crippen LogP contribution in [-0.4, -0.2) is 17.7 Å². The minimum absolute atomic E-state index is 0.0905. The summed E-state index contributed by atoms with van der Waals surface area (Å²) in [7, 11) is 1.79. The lowest BCUT2D eigenvalue weighted by Gasteiger charge is -2.45. The second kappa shape index (κ2) is 4.98. The number of rotatable bonds is 3. The molecule has 2 rings (SSSR count). The highest BCUT2D eigenvalue weighted by molar-refractivity contribution is 5.18. The van der Waals surface area contributed by atoms with Crippen LogP contribution in [0, 0.1) is 5.41 Å². The summed E-state index contributed by atoms with van der Waals surface area (Å²) in [6, 6.07) is 3.89. The molecule has 100 valence electrons. The van der Waals surface area contributed by atoms with E-state index in [1.54, 1.807) is 13.3 Å². The number of ether oxygens (including phenoxy) is 1. The van der Waals surface area contributed by atoms with E-state index in [1.165, 1.54) is 0 Å². The van der Waals surface area contributed by atoms with E-state index in [2.05, 4.69) is 18.8 Å². The Bertz CT molecular complexity index is 379. The van der Waals surface area contributed by atoms with E-state index in [-0.39, 0.29) is 11.6 Å². The van der Waals surface area contributed by atoms with Crippen molar-refractivity contribution in [2.75, 3.05) is 7.11 Å². The molecule has 0 saturated heterocycles. The summed E-state index contributed by atoms with van der Waals surface area (Å²) in [4.78, 5) is 4.16. The monoisotopic (exact) mass is 248 g/mol. The largest absolute Gasteiger partial charge is 0.376 e. The summed E-state index contributed by atoms with van der Waals surface area (Å²) < 4.78 is 5.84. The van der Waals surface area contributed by atoms with Crippen molar-refractivity contribution in [2.24, 2.45) is 11.1 Å². The second-order valence-electron chi connectivity index (χ2n) is 6.20. The lowest BCUT2D eigenvalue weighted by atomic mass is 9.67. The van der Waals surface area contributed by atoms with E-state index in [1.807, 2.05) is 18.3 Å². The van der Waals surface area contributed by atoms with Crippen LogP contribution in [0.3, 0.4) is 0 Å². The molecule has 3 nitrogen and oxygen atoms in total. The summed E-state index contributed by atoms with van der Waals surface area (Å²) in [5, 5.41) is 0. The quantitative estimate of drug-likeness (QED) is 0.894. The Labute approximate surface area is 110 Å². The maximum absolute atomic E-state index is 6.44. The number of hydrogen-bond donors (Lipinski definition) is 1. The zero-order valence-electron chi connectivity index (χ0n) is 11.6. The number of pyridine rings is 1. The van der Waals surface area contributed by atoms with Gasteiger partial charge in [0.2, 0.25) is 0 Å². The maximum atomic E-state index is 6.44. The van der Waals surface area contributed by atoms with E-state index in [0.717, 1.165) is 31.2 Å². The summed E-state index contributed by atoms with van der Waals surface area (Å²) in [6.45, 7) is 4.64. The van der Waals surface area contributed by atoms with E-state index in [4.69, 9.17) is 10.5 Å². The Morgan fingerprint density at radius 2 is 1.94 bits per heavy atom. The first-order valence-electron chi connectivity index (χ1n) is 6.70. The molecule has 0 aliphatic heterocycles. The summed E-state index contributed by atoms with van der Waals surface area (Å²) >= 11 is 0. The van der Waals surface area contributed by atoms with Gasteiger partial charge in [-0.25, -0.2) is 0 Å². The van der Waals surface area contributed by atoms with Gasteiger partial charge in [0.1, 0.15) is 0 Å². The van der Waals surface area contributed by atoms with Crippen LogP contribution in [0.25, 0.3) is 0 Å². The molecule has 1 aromatic heterocycles. The SMILES string of the molecule is COC1(C(N)c2cccnc2)CCC(C)(C)CC1. The third kappa shape index (κ3) is 2.57. The molecule has 0 aromatic carbocycles. The fourth-order valence-corrected chi connectivity index (χ4v) is 2.86. The normalized spacial score (nSPS) is 23.6. The lowest BCUT2D eigenvalue weighted by Crippen LogP contribution is -2.47. The van der Waals surface area contributed by atoms with Crippen molar-refractivity contribution < 1.29 is 4.74 Å². The number of hydrogen-bond acceptors (Lipinski definition) is 3. The Morgan fingerprint density at radius 1 is 1.28 bits per heavy atom. The zero-order valence-corrected chi connectivity index (χ0v) is 11.6. The highest BCUT2D eigenvalue weighted by Gasteiger charge is 2.43. The van der Waals surface area contributed by atoms with Crippen LogP contribution in [0.4, 0.5) is 0 Å². The molecular weight excluding hydrogens is 224 g/mol. The fourth-order valence-electron chi connectivity index (χ4n) is 2.86. The smallest absolute Gasteiger partial charge is 0.0871 e. The minimum atomic E-state index is -0.224. The molecule has 0 radical (unpaired) electrons. The molecular formula is C15H24N2O. The average Bonchev–Trinajstić information content (AvgIpc) is 2.40. The van der Waals surface area contributed by atoms with Crippen molar-refractivity contribution >= 4 is 0 Å². The van der Waals surface area contributed by atoms with Crippen molar-refractivity contribution in [3.63, 3.8) is 0 Å². The van der Waals surface area contributed by atoms with Gasteiger partial charge in [-0.3, -0.25) is 4.98 Å². The van der Waals surface area contributed by atoms with Crippen molar-refractivity contribution in [1.29, 1.82) is 0 Å². The zero-order chi connectivity index (χ0) is 13.2. The third-order valence-corrected chi connectivity index (χ3v) is 4.47. The van der Waals surface area contributed by atoms with Crippen LogP contribution < -0.4 is 5.73 Å². The number of nitrogens with zero attached hydrogens (tertiary/aromatic N) is 1. The van der Waals surface area contributed by atoms with Gasteiger partial charge < -0.3 is 10.5 Å². The van der Waals surface area contributed by atoms with Gasteiger partial charge in [0.15, 0.2) is 0 Å². The third-order valence-electron chi connectivity index (χ3n) is 4.47. The van der Waals surface area contributed by atoms with Gasteiger partial charge in [0.05, 0.1) is 11.6 Å². The topological polar surface area (TPSA) is 48.1 Å². The Kier molecular flexibility index (Phi) is 3.74. The predicted octanol–water partition coefficient (Wildman–Crippen LogP) is 3.07. The molecule has 0 spiro atoms. The number of aromatic nitrogens is 1. The molecule has 0 amide bonds. The van der Waals surface area contributed by atoms with Crippen LogP contribution in [0.5, 0.6) is 0 Å². The molecule has 1 heterocycles. The molecule has 1 unspecified atom stereocenters. The van der Waals surface area contributed by atoms with Gasteiger partial charge in [-0.1, -0.05) is 19.9 Å². The van der Waals surface area contributed by atoms with Crippen LogP contribution in [-0.2, 0) is 4.74 Å². The maximum Gasteiger partial charge on any atom is 0.0871 e. The standard InChI is InChI=1S/C15H24N2O/c1-14(2)6-8-15(18-3,9-7-14)13(16)12-5-4-10-17-11-12/h4-5,10-11,13H,6-9,16H2,1-3H3. The lowest BCUT2D eigenvalue weighted by molar-refractivity contribution is -0.0794. The molecule has 1 aromatic rings. The van der Waals surface area contributed by atoms with Gasteiger partial charge >= 0.3 is 0 Å². The van der Waals surface area contributed by atoms with Crippen molar-refractivity contribution in [2.45, 2.75) is 51.2 Å². The first-order chi connectivity index (χ1) is 8.49. The Hall–Kier alpha value is -0.930. The van der Waals surface area contributed by atoms with Gasteiger partial charge in [0.25, 0.3) is 0 Å².